The highest BCUT2D eigenvalue weighted by atomic mass is 19.1. The highest BCUT2D eigenvalue weighted by Crippen LogP contribution is 2.31. The maximum Gasteiger partial charge on any atom is 0.142 e. The zero-order valence-electron chi connectivity index (χ0n) is 19.3. The monoisotopic (exact) mass is 442 g/mol. The number of aryl methyl sites for hydroxylation is 1. The number of aromatic nitrogens is 1. The average Bonchev–Trinajstić information content (AvgIpc) is 3.18. The summed E-state index contributed by atoms with van der Waals surface area (Å²) in [4.78, 5) is 5.69. The van der Waals surface area contributed by atoms with Crippen LogP contribution < -0.4 is 4.74 Å². The first-order valence-electron chi connectivity index (χ1n) is 10.8. The molecule has 33 heavy (non-hydrogen) atoms. The first-order chi connectivity index (χ1) is 16.0. The third kappa shape index (κ3) is 4.82. The van der Waals surface area contributed by atoms with E-state index in [4.69, 9.17) is 9.57 Å². The lowest BCUT2D eigenvalue weighted by molar-refractivity contribution is 0.130. The van der Waals surface area contributed by atoms with Crippen LogP contribution in [0, 0.1) is 19.7 Å². The van der Waals surface area contributed by atoms with Crippen LogP contribution in [0.5, 0.6) is 5.75 Å². The lowest BCUT2D eigenvalue weighted by Crippen LogP contribution is -2.03. The molecule has 0 atom stereocenters. The number of rotatable bonds is 7. The van der Waals surface area contributed by atoms with E-state index in [1.165, 1.54) is 17.7 Å². The zero-order valence-corrected chi connectivity index (χ0v) is 19.3. The second-order valence-corrected chi connectivity index (χ2v) is 7.95. The van der Waals surface area contributed by atoms with E-state index in [0.717, 1.165) is 45.2 Å². The largest absolute Gasteiger partial charge is 0.497 e. The van der Waals surface area contributed by atoms with Gasteiger partial charge in [-0.15, -0.1) is 0 Å². The number of hydrogen-bond donors (Lipinski definition) is 0. The Morgan fingerprint density at radius 1 is 0.939 bits per heavy atom. The SMILES string of the molecule is COc1ccc(-n2c(-c3ccc(F)cc3)cc(/C(C)=N/OCc3ccccc3C)c2C)cc1. The van der Waals surface area contributed by atoms with Crippen molar-refractivity contribution >= 4 is 5.71 Å². The van der Waals surface area contributed by atoms with E-state index in [0.29, 0.717) is 6.61 Å². The third-order valence-corrected chi connectivity index (χ3v) is 5.79. The van der Waals surface area contributed by atoms with E-state index in [1.54, 1.807) is 19.2 Å². The van der Waals surface area contributed by atoms with Crippen LogP contribution in [-0.2, 0) is 11.4 Å². The summed E-state index contributed by atoms with van der Waals surface area (Å²) >= 11 is 0. The van der Waals surface area contributed by atoms with Gasteiger partial charge in [0.1, 0.15) is 18.2 Å². The molecular weight excluding hydrogens is 415 g/mol. The van der Waals surface area contributed by atoms with Gasteiger partial charge in [0.25, 0.3) is 0 Å². The molecule has 4 nitrogen and oxygen atoms in total. The Morgan fingerprint density at radius 2 is 1.64 bits per heavy atom. The number of halogens is 1. The van der Waals surface area contributed by atoms with Gasteiger partial charge in [0.15, 0.2) is 0 Å². The quantitative estimate of drug-likeness (QED) is 0.232. The number of hydrogen-bond acceptors (Lipinski definition) is 3. The molecular formula is C28H27FN2O2. The predicted octanol–water partition coefficient (Wildman–Crippen LogP) is 6.85. The van der Waals surface area contributed by atoms with Crippen LogP contribution in [0.2, 0.25) is 0 Å². The van der Waals surface area contributed by atoms with Crippen molar-refractivity contribution in [3.05, 3.63) is 107 Å². The molecule has 0 amide bonds. The molecule has 0 aliphatic rings. The molecule has 1 aromatic heterocycles. The summed E-state index contributed by atoms with van der Waals surface area (Å²) in [5.41, 5.74) is 7.87. The Bertz CT molecular complexity index is 1270. The molecule has 4 aromatic rings. The molecule has 0 unspecified atom stereocenters. The molecule has 0 saturated carbocycles. The molecule has 0 N–H and O–H groups in total. The molecule has 1 heterocycles. The van der Waals surface area contributed by atoms with Crippen molar-refractivity contribution < 1.29 is 14.0 Å². The first-order valence-corrected chi connectivity index (χ1v) is 10.8. The van der Waals surface area contributed by atoms with Gasteiger partial charge in [0, 0.05) is 16.9 Å². The summed E-state index contributed by atoms with van der Waals surface area (Å²) in [6.45, 7) is 6.45. The van der Waals surface area contributed by atoms with Crippen LogP contribution in [0.1, 0.15) is 29.3 Å². The smallest absolute Gasteiger partial charge is 0.142 e. The lowest BCUT2D eigenvalue weighted by Gasteiger charge is -2.13. The Labute approximate surface area is 193 Å². The number of ether oxygens (including phenoxy) is 1. The van der Waals surface area contributed by atoms with E-state index in [9.17, 15) is 4.39 Å². The highest BCUT2D eigenvalue weighted by Gasteiger charge is 2.17. The van der Waals surface area contributed by atoms with Gasteiger partial charge in [0.2, 0.25) is 0 Å². The second kappa shape index (κ2) is 9.74. The molecule has 0 fully saturated rings. The predicted molar refractivity (Wildman–Crippen MR) is 131 cm³/mol. The Morgan fingerprint density at radius 3 is 2.30 bits per heavy atom. The summed E-state index contributed by atoms with van der Waals surface area (Å²) in [7, 11) is 1.65. The number of nitrogens with zero attached hydrogens (tertiary/aromatic N) is 2. The molecule has 0 bridgehead atoms. The molecule has 4 rings (SSSR count). The van der Waals surface area contributed by atoms with Gasteiger partial charge < -0.3 is 14.1 Å². The van der Waals surface area contributed by atoms with Gasteiger partial charge in [-0.25, -0.2) is 4.39 Å². The molecule has 3 aromatic carbocycles. The fraction of sp³-hybridized carbons (Fsp3) is 0.179. The van der Waals surface area contributed by atoms with Gasteiger partial charge in [-0.2, -0.15) is 0 Å². The normalized spacial score (nSPS) is 11.5. The van der Waals surface area contributed by atoms with Crippen molar-refractivity contribution in [2.24, 2.45) is 5.16 Å². The molecule has 0 aliphatic carbocycles. The fourth-order valence-corrected chi connectivity index (χ4v) is 3.89. The van der Waals surface area contributed by atoms with Crippen molar-refractivity contribution in [3.63, 3.8) is 0 Å². The van der Waals surface area contributed by atoms with Crippen LogP contribution in [0.15, 0.2) is 84.0 Å². The summed E-state index contributed by atoms with van der Waals surface area (Å²) in [5.74, 6) is 0.523. The summed E-state index contributed by atoms with van der Waals surface area (Å²) in [6.07, 6.45) is 0. The van der Waals surface area contributed by atoms with Crippen LogP contribution in [0.3, 0.4) is 0 Å². The summed E-state index contributed by atoms with van der Waals surface area (Å²) < 4.78 is 21.0. The van der Waals surface area contributed by atoms with Gasteiger partial charge in [-0.05, 0) is 92.1 Å². The molecule has 0 saturated heterocycles. The van der Waals surface area contributed by atoms with E-state index in [1.807, 2.05) is 56.3 Å². The van der Waals surface area contributed by atoms with Crippen molar-refractivity contribution in [1.82, 2.24) is 4.57 Å². The van der Waals surface area contributed by atoms with Crippen LogP contribution in [0.4, 0.5) is 4.39 Å². The third-order valence-electron chi connectivity index (χ3n) is 5.79. The van der Waals surface area contributed by atoms with E-state index in [-0.39, 0.29) is 5.82 Å². The first kappa shape index (κ1) is 22.3. The topological polar surface area (TPSA) is 35.8 Å². The van der Waals surface area contributed by atoms with Crippen LogP contribution in [0.25, 0.3) is 16.9 Å². The summed E-state index contributed by atoms with van der Waals surface area (Å²) in [6, 6.07) is 24.6. The minimum absolute atomic E-state index is 0.263. The zero-order chi connectivity index (χ0) is 23.4. The van der Waals surface area contributed by atoms with Crippen LogP contribution >= 0.6 is 0 Å². The maximum absolute atomic E-state index is 13.6. The van der Waals surface area contributed by atoms with E-state index >= 15 is 0 Å². The number of oxime groups is 1. The molecule has 0 spiro atoms. The van der Waals surface area contributed by atoms with Crippen molar-refractivity contribution in [2.75, 3.05) is 7.11 Å². The highest BCUT2D eigenvalue weighted by molar-refractivity contribution is 6.01. The van der Waals surface area contributed by atoms with Gasteiger partial charge >= 0.3 is 0 Å². The minimum atomic E-state index is -0.263. The Kier molecular flexibility index (Phi) is 6.59. The van der Waals surface area contributed by atoms with Crippen molar-refractivity contribution in [3.8, 4) is 22.7 Å². The fourth-order valence-electron chi connectivity index (χ4n) is 3.89. The second-order valence-electron chi connectivity index (χ2n) is 7.95. The molecule has 0 radical (unpaired) electrons. The van der Waals surface area contributed by atoms with E-state index in [2.05, 4.69) is 28.8 Å². The molecule has 0 aliphatic heterocycles. The van der Waals surface area contributed by atoms with Gasteiger partial charge in [0.05, 0.1) is 18.5 Å². The molecule has 5 heteroatoms. The minimum Gasteiger partial charge on any atom is -0.497 e. The lowest BCUT2D eigenvalue weighted by atomic mass is 10.1. The van der Waals surface area contributed by atoms with Crippen LogP contribution in [-0.4, -0.2) is 17.4 Å². The summed E-state index contributed by atoms with van der Waals surface area (Å²) in [5, 5.41) is 4.40. The number of methoxy groups -OCH3 is 1. The number of benzene rings is 3. The average molecular weight is 443 g/mol. The van der Waals surface area contributed by atoms with Crippen molar-refractivity contribution in [1.29, 1.82) is 0 Å². The van der Waals surface area contributed by atoms with Crippen molar-refractivity contribution in [2.45, 2.75) is 27.4 Å². The van der Waals surface area contributed by atoms with E-state index < -0.39 is 0 Å². The standard InChI is InChI=1S/C28H27FN2O2/c1-19-7-5-6-8-23(19)18-33-30-20(2)27-17-28(22-9-11-24(29)12-10-22)31(21(27)3)25-13-15-26(32-4)16-14-25/h5-17H,18H2,1-4H3/b30-20+. The van der Waals surface area contributed by atoms with Gasteiger partial charge in [-0.1, -0.05) is 29.4 Å². The molecule has 168 valence electrons. The Hall–Kier alpha value is -3.86. The Balaban J connectivity index is 1.72. The maximum atomic E-state index is 13.6. The van der Waals surface area contributed by atoms with Gasteiger partial charge in [-0.3, -0.25) is 0 Å².